The maximum absolute atomic E-state index is 12.0. The molecule has 0 spiro atoms. The summed E-state index contributed by atoms with van der Waals surface area (Å²) in [6.45, 7) is 0. The number of aliphatic carboxylic acids is 1. The van der Waals surface area contributed by atoms with Gasteiger partial charge in [-0.2, -0.15) is 0 Å². The smallest absolute Gasteiger partial charge is 0.320 e. The number of hydrogen-bond donors (Lipinski definition) is 3. The second-order valence-corrected chi connectivity index (χ2v) is 7.59. The van der Waals surface area contributed by atoms with Gasteiger partial charge in [-0.15, -0.1) is 11.6 Å². The van der Waals surface area contributed by atoms with Crippen molar-refractivity contribution in [3.63, 3.8) is 0 Å². The van der Waals surface area contributed by atoms with Gasteiger partial charge in [0.05, 0.1) is 5.75 Å². The first kappa shape index (κ1) is 19.7. The van der Waals surface area contributed by atoms with Crippen molar-refractivity contribution in [2.24, 2.45) is 5.73 Å². The zero-order valence-corrected chi connectivity index (χ0v) is 14.4. The van der Waals surface area contributed by atoms with Crippen molar-refractivity contribution in [3.8, 4) is 0 Å². The van der Waals surface area contributed by atoms with Gasteiger partial charge >= 0.3 is 5.97 Å². The van der Waals surface area contributed by atoms with Crippen LogP contribution in [0.2, 0.25) is 0 Å². The van der Waals surface area contributed by atoms with Crippen LogP contribution in [-0.4, -0.2) is 37.2 Å². The predicted molar refractivity (Wildman–Crippen MR) is 92.4 cm³/mol. The third-order valence-corrected chi connectivity index (χ3v) is 4.91. The van der Waals surface area contributed by atoms with Crippen LogP contribution in [0.1, 0.15) is 31.2 Å². The van der Waals surface area contributed by atoms with Gasteiger partial charge in [0.2, 0.25) is 10.0 Å². The molecule has 0 radical (unpaired) electrons. The van der Waals surface area contributed by atoms with Crippen LogP contribution < -0.4 is 10.5 Å². The van der Waals surface area contributed by atoms with Crippen molar-refractivity contribution in [1.82, 2.24) is 0 Å². The minimum Gasteiger partial charge on any atom is -0.480 e. The maximum atomic E-state index is 12.0. The van der Waals surface area contributed by atoms with E-state index in [2.05, 4.69) is 4.72 Å². The highest BCUT2D eigenvalue weighted by molar-refractivity contribution is 7.92. The standard InChI is InChI=1S/C15H23ClN2O4S/c16-8-3-1-2-4-9-23(21,22)18-13-7-5-6-12(10-13)11-14(17)15(19)20/h5-7,10,14,18H,1-4,8-9,11,17H2,(H,19,20). The highest BCUT2D eigenvalue weighted by Gasteiger charge is 2.14. The number of rotatable bonds is 11. The lowest BCUT2D eigenvalue weighted by Crippen LogP contribution is -2.32. The minimum atomic E-state index is -3.41. The van der Waals surface area contributed by atoms with Crippen LogP contribution in [0.25, 0.3) is 0 Å². The SMILES string of the molecule is NC(Cc1cccc(NS(=O)(=O)CCCCCCCl)c1)C(=O)O. The average Bonchev–Trinajstić information content (AvgIpc) is 2.46. The number of anilines is 1. The number of carbonyl (C=O) groups is 1. The quantitative estimate of drug-likeness (QED) is 0.413. The fourth-order valence-corrected chi connectivity index (χ4v) is 3.44. The highest BCUT2D eigenvalue weighted by atomic mass is 35.5. The Hall–Kier alpha value is -1.31. The molecule has 1 aromatic carbocycles. The van der Waals surface area contributed by atoms with Gasteiger partial charge in [-0.05, 0) is 37.0 Å². The molecular weight excluding hydrogens is 340 g/mol. The molecular formula is C15H23ClN2O4S. The van der Waals surface area contributed by atoms with Crippen molar-refractivity contribution in [1.29, 1.82) is 0 Å². The monoisotopic (exact) mass is 362 g/mol. The Morgan fingerprint density at radius 1 is 1.26 bits per heavy atom. The number of nitrogens with one attached hydrogen (secondary N) is 1. The summed E-state index contributed by atoms with van der Waals surface area (Å²) < 4.78 is 26.5. The van der Waals surface area contributed by atoms with Gasteiger partial charge in [0.1, 0.15) is 6.04 Å². The van der Waals surface area contributed by atoms with Crippen LogP contribution >= 0.6 is 11.6 Å². The van der Waals surface area contributed by atoms with Gasteiger partial charge in [-0.1, -0.05) is 25.0 Å². The van der Waals surface area contributed by atoms with Gasteiger partial charge in [-0.25, -0.2) is 8.42 Å². The van der Waals surface area contributed by atoms with E-state index in [4.69, 9.17) is 22.4 Å². The fraction of sp³-hybridized carbons (Fsp3) is 0.533. The molecule has 0 aliphatic heterocycles. The van der Waals surface area contributed by atoms with Crippen LogP contribution in [-0.2, 0) is 21.2 Å². The van der Waals surface area contributed by atoms with Crippen LogP contribution in [0.4, 0.5) is 5.69 Å². The Balaban J connectivity index is 2.57. The number of unbranched alkanes of at least 4 members (excludes halogenated alkanes) is 3. The van der Waals surface area contributed by atoms with Gasteiger partial charge in [0.15, 0.2) is 0 Å². The second-order valence-electron chi connectivity index (χ2n) is 5.37. The number of carboxylic acid groups (broad SMARTS) is 1. The number of halogens is 1. The molecule has 23 heavy (non-hydrogen) atoms. The summed E-state index contributed by atoms with van der Waals surface area (Å²) in [5.41, 5.74) is 6.57. The molecule has 0 aromatic heterocycles. The van der Waals surface area contributed by atoms with Crippen molar-refractivity contribution in [2.75, 3.05) is 16.4 Å². The van der Waals surface area contributed by atoms with Gasteiger partial charge in [-0.3, -0.25) is 9.52 Å². The molecule has 0 amide bonds. The molecule has 0 heterocycles. The van der Waals surface area contributed by atoms with E-state index >= 15 is 0 Å². The molecule has 1 atom stereocenters. The molecule has 1 aromatic rings. The van der Waals surface area contributed by atoms with Crippen LogP contribution in [0, 0.1) is 0 Å². The summed E-state index contributed by atoms with van der Waals surface area (Å²) in [5, 5.41) is 8.81. The summed E-state index contributed by atoms with van der Waals surface area (Å²) >= 11 is 5.57. The lowest BCUT2D eigenvalue weighted by atomic mass is 10.1. The normalized spacial score (nSPS) is 12.8. The maximum Gasteiger partial charge on any atom is 0.320 e. The van der Waals surface area contributed by atoms with Crippen molar-refractivity contribution >= 4 is 33.3 Å². The molecule has 0 saturated carbocycles. The minimum absolute atomic E-state index is 0.0498. The first-order valence-corrected chi connectivity index (χ1v) is 9.66. The Bertz CT molecular complexity index is 607. The lowest BCUT2D eigenvalue weighted by Gasteiger charge is -2.11. The number of alkyl halides is 1. The van der Waals surface area contributed by atoms with Gasteiger partial charge < -0.3 is 10.8 Å². The summed E-state index contributed by atoms with van der Waals surface area (Å²) in [6.07, 6.45) is 3.35. The number of hydrogen-bond acceptors (Lipinski definition) is 4. The predicted octanol–water partition coefficient (Wildman–Crippen LogP) is 2.18. The molecule has 0 bridgehead atoms. The molecule has 0 aliphatic rings. The lowest BCUT2D eigenvalue weighted by molar-refractivity contribution is -0.138. The third-order valence-electron chi connectivity index (χ3n) is 3.27. The van der Waals surface area contributed by atoms with Crippen molar-refractivity contribution < 1.29 is 18.3 Å². The Morgan fingerprint density at radius 3 is 2.61 bits per heavy atom. The van der Waals surface area contributed by atoms with E-state index in [0.29, 0.717) is 23.6 Å². The van der Waals surface area contributed by atoms with Gasteiger partial charge in [0.25, 0.3) is 0 Å². The average molecular weight is 363 g/mol. The molecule has 0 aliphatic carbocycles. The first-order valence-electron chi connectivity index (χ1n) is 7.48. The summed E-state index contributed by atoms with van der Waals surface area (Å²) in [5.74, 6) is -0.447. The molecule has 0 fully saturated rings. The van der Waals surface area contributed by atoms with E-state index in [0.717, 1.165) is 19.3 Å². The van der Waals surface area contributed by atoms with Crippen LogP contribution in [0.5, 0.6) is 0 Å². The van der Waals surface area contributed by atoms with Crippen LogP contribution in [0.15, 0.2) is 24.3 Å². The number of benzene rings is 1. The summed E-state index contributed by atoms with van der Waals surface area (Å²) in [7, 11) is -3.41. The Kier molecular flexibility index (Phi) is 8.36. The molecule has 130 valence electrons. The Morgan fingerprint density at radius 2 is 1.96 bits per heavy atom. The van der Waals surface area contributed by atoms with E-state index < -0.39 is 22.0 Å². The first-order chi connectivity index (χ1) is 10.8. The summed E-state index contributed by atoms with van der Waals surface area (Å²) in [4.78, 5) is 10.8. The second kappa shape index (κ2) is 9.75. The summed E-state index contributed by atoms with van der Waals surface area (Å²) in [6, 6.07) is 5.60. The zero-order valence-electron chi connectivity index (χ0n) is 12.9. The van der Waals surface area contributed by atoms with E-state index in [-0.39, 0.29) is 12.2 Å². The number of nitrogens with two attached hydrogens (primary N) is 1. The molecule has 8 heteroatoms. The fourth-order valence-electron chi connectivity index (χ4n) is 2.07. The molecule has 1 rings (SSSR count). The number of sulfonamides is 1. The van der Waals surface area contributed by atoms with Crippen molar-refractivity contribution in [3.05, 3.63) is 29.8 Å². The van der Waals surface area contributed by atoms with E-state index in [9.17, 15) is 13.2 Å². The van der Waals surface area contributed by atoms with E-state index in [1.807, 2.05) is 0 Å². The number of carboxylic acids is 1. The molecule has 1 unspecified atom stereocenters. The topological polar surface area (TPSA) is 109 Å². The largest absolute Gasteiger partial charge is 0.480 e. The zero-order chi connectivity index (χ0) is 17.3. The highest BCUT2D eigenvalue weighted by Crippen LogP contribution is 2.15. The van der Waals surface area contributed by atoms with Gasteiger partial charge in [0, 0.05) is 11.6 Å². The molecule has 0 saturated heterocycles. The molecule has 6 nitrogen and oxygen atoms in total. The van der Waals surface area contributed by atoms with E-state index in [1.165, 1.54) is 0 Å². The Labute approximate surface area is 142 Å². The third kappa shape index (κ3) is 8.20. The van der Waals surface area contributed by atoms with Crippen LogP contribution in [0.3, 0.4) is 0 Å². The van der Waals surface area contributed by atoms with E-state index in [1.54, 1.807) is 24.3 Å². The van der Waals surface area contributed by atoms with Crippen molar-refractivity contribution in [2.45, 2.75) is 38.1 Å². The molecule has 4 N–H and O–H groups in total.